The first-order chi connectivity index (χ1) is 13.0. The van der Waals surface area contributed by atoms with E-state index in [0.29, 0.717) is 18.4 Å². The minimum absolute atomic E-state index is 0.0368. The van der Waals surface area contributed by atoms with Crippen LogP contribution in [0.25, 0.3) is 10.9 Å². The van der Waals surface area contributed by atoms with Crippen molar-refractivity contribution in [2.24, 2.45) is 10.3 Å². The molecule has 9 heteroatoms. The number of benzene rings is 1. The number of hydrogen-bond donors (Lipinski definition) is 0. The predicted octanol–water partition coefficient (Wildman–Crippen LogP) is 5.53. The molecule has 0 aliphatic heterocycles. The quantitative estimate of drug-likeness (QED) is 0.432. The van der Waals surface area contributed by atoms with Crippen molar-refractivity contribution in [1.82, 2.24) is 4.57 Å². The molecule has 1 aliphatic rings. The average molecular weight is 474 g/mol. The monoisotopic (exact) mass is 473 g/mol. The van der Waals surface area contributed by atoms with Gasteiger partial charge in [0.2, 0.25) is 0 Å². The van der Waals surface area contributed by atoms with Crippen molar-refractivity contribution in [2.75, 3.05) is 0 Å². The van der Waals surface area contributed by atoms with Crippen LogP contribution in [0.4, 0.5) is 13.2 Å². The molecule has 1 aliphatic carbocycles. The summed E-state index contributed by atoms with van der Waals surface area (Å²) in [4.78, 5) is 0. The fraction of sp³-hybridized carbons (Fsp3) is 0.474. The number of fused-ring (bicyclic) bond motifs is 1. The maximum atomic E-state index is 14.2. The van der Waals surface area contributed by atoms with Gasteiger partial charge in [-0.1, -0.05) is 4.40 Å². The third kappa shape index (κ3) is 3.95. The van der Waals surface area contributed by atoms with Gasteiger partial charge >= 0.3 is 0 Å². The lowest BCUT2D eigenvalue weighted by atomic mass is 9.81. The van der Waals surface area contributed by atoms with Crippen molar-refractivity contribution in [2.45, 2.75) is 50.8 Å². The van der Waals surface area contributed by atoms with Gasteiger partial charge in [0.1, 0.15) is 21.9 Å². The zero-order chi connectivity index (χ0) is 20.8. The second-order valence-corrected chi connectivity index (χ2v) is 10.6. The van der Waals surface area contributed by atoms with E-state index in [9.17, 15) is 17.7 Å². The van der Waals surface area contributed by atoms with Gasteiger partial charge in [-0.15, -0.1) is 0 Å². The molecule has 0 radical (unpaired) electrons. The molecular formula is C19H19BrF3N3OS. The van der Waals surface area contributed by atoms with Crippen LogP contribution in [0.2, 0.25) is 0 Å². The summed E-state index contributed by atoms with van der Waals surface area (Å²) < 4.78 is 59.2. The van der Waals surface area contributed by atoms with Crippen LogP contribution in [-0.4, -0.2) is 26.0 Å². The zero-order valence-corrected chi connectivity index (χ0v) is 18.0. The van der Waals surface area contributed by atoms with Gasteiger partial charge in [0.05, 0.1) is 22.0 Å². The molecule has 1 aromatic carbocycles. The number of halogens is 4. The molecule has 0 saturated heterocycles. The van der Waals surface area contributed by atoms with Crippen LogP contribution < -0.4 is 0 Å². The van der Waals surface area contributed by atoms with Crippen LogP contribution in [0, 0.1) is 23.1 Å². The third-order valence-electron chi connectivity index (χ3n) is 4.75. The second-order valence-electron chi connectivity index (χ2n) is 7.82. The highest BCUT2D eigenvalue weighted by molar-refractivity contribution is 9.10. The number of hydrogen-bond acceptors (Lipinski definition) is 3. The van der Waals surface area contributed by atoms with Crippen molar-refractivity contribution in [3.63, 3.8) is 0 Å². The normalized spacial score (nSPS) is 21.6. The van der Waals surface area contributed by atoms with Crippen molar-refractivity contribution in [3.8, 4) is 6.07 Å². The van der Waals surface area contributed by atoms with Crippen molar-refractivity contribution >= 4 is 43.9 Å². The number of aromatic nitrogens is 1. The van der Waals surface area contributed by atoms with Gasteiger partial charge in [-0.3, -0.25) is 0 Å². The van der Waals surface area contributed by atoms with Crippen LogP contribution in [0.1, 0.15) is 45.2 Å². The van der Waals surface area contributed by atoms with Crippen LogP contribution in [0.15, 0.2) is 27.2 Å². The van der Waals surface area contributed by atoms with E-state index < -0.39 is 34.1 Å². The van der Waals surface area contributed by atoms with E-state index >= 15 is 0 Å². The van der Waals surface area contributed by atoms with Gasteiger partial charge in [-0.25, -0.2) is 13.2 Å². The van der Waals surface area contributed by atoms with E-state index in [1.165, 1.54) is 18.3 Å². The molecule has 0 amide bonds. The molecule has 1 atom stereocenters. The molecule has 1 fully saturated rings. The third-order valence-corrected chi connectivity index (χ3v) is 6.77. The first-order valence-corrected chi connectivity index (χ1v) is 10.6. The Hall–Kier alpha value is -1.50. The summed E-state index contributed by atoms with van der Waals surface area (Å²) in [6, 6.07) is 4.88. The molecule has 28 heavy (non-hydrogen) atoms. The minimum atomic E-state index is -2.97. The summed E-state index contributed by atoms with van der Waals surface area (Å²) in [6.45, 7) is 4.93. The molecule has 2 aromatic rings. The molecule has 1 saturated carbocycles. The maximum Gasteiger partial charge on any atom is 0.285 e. The first kappa shape index (κ1) is 21.2. The van der Waals surface area contributed by atoms with Gasteiger partial charge in [-0.2, -0.15) is 5.26 Å². The summed E-state index contributed by atoms with van der Waals surface area (Å²) in [5.41, 5.74) is 0.0175. The Kier molecular flexibility index (Phi) is 5.86. The van der Waals surface area contributed by atoms with Crippen LogP contribution in [0.5, 0.6) is 0 Å². The Bertz CT molecular complexity index is 971. The molecule has 0 N–H and O–H groups in total. The highest BCUT2D eigenvalue weighted by Crippen LogP contribution is 2.41. The Morgan fingerprint density at radius 2 is 2.04 bits per heavy atom. The van der Waals surface area contributed by atoms with Gasteiger partial charge in [0.15, 0.2) is 5.71 Å². The lowest BCUT2D eigenvalue weighted by molar-refractivity contribution is 0.226. The van der Waals surface area contributed by atoms with Crippen LogP contribution in [0.3, 0.4) is 0 Å². The zero-order valence-electron chi connectivity index (χ0n) is 15.5. The molecule has 0 spiro atoms. The lowest BCUT2D eigenvalue weighted by Gasteiger charge is -2.32. The maximum absolute atomic E-state index is 14.2. The molecule has 3 rings (SSSR count). The van der Waals surface area contributed by atoms with Crippen molar-refractivity contribution in [1.29, 1.82) is 5.26 Å². The van der Waals surface area contributed by atoms with Gasteiger partial charge < -0.3 is 9.12 Å². The minimum Gasteiger partial charge on any atom is -0.591 e. The molecular weight excluding hydrogens is 455 g/mol. The highest BCUT2D eigenvalue weighted by atomic mass is 79.9. The molecule has 1 heterocycles. The van der Waals surface area contributed by atoms with E-state index in [1.54, 1.807) is 25.3 Å². The summed E-state index contributed by atoms with van der Waals surface area (Å²) in [7, 11) is 0. The first-order valence-electron chi connectivity index (χ1n) is 8.71. The van der Waals surface area contributed by atoms with E-state index in [-0.39, 0.29) is 27.4 Å². The van der Waals surface area contributed by atoms with E-state index in [1.807, 2.05) is 0 Å². The summed E-state index contributed by atoms with van der Waals surface area (Å²) in [5.74, 6) is -0.660. The van der Waals surface area contributed by atoms with E-state index in [2.05, 4.69) is 26.4 Å². The number of alkyl halides is 2. The average Bonchev–Trinajstić information content (AvgIpc) is 2.89. The van der Waals surface area contributed by atoms with Crippen molar-refractivity contribution < 1.29 is 17.7 Å². The largest absolute Gasteiger partial charge is 0.591 e. The number of rotatable bonds is 4. The Morgan fingerprint density at radius 1 is 1.39 bits per heavy atom. The van der Waals surface area contributed by atoms with Gasteiger partial charge in [0, 0.05) is 23.2 Å². The van der Waals surface area contributed by atoms with E-state index in [0.717, 1.165) is 0 Å². The standard InChI is InChI=1S/C19H19BrF3N3OS/c1-19(2,3)28(27)25-17(18(22)23)13-9-26(11-4-10(5-11)8-24)16-7-14(20)15(21)6-12(13)16/h6-7,9-11,18H,4-5H2,1-3H3/b25-17+/t10?,11?,28-/m0/s1. The summed E-state index contributed by atoms with van der Waals surface area (Å²) in [5, 5.41) is 9.30. The van der Waals surface area contributed by atoms with Gasteiger partial charge in [-0.05, 0) is 61.7 Å². The highest BCUT2D eigenvalue weighted by Gasteiger charge is 2.35. The van der Waals surface area contributed by atoms with Crippen molar-refractivity contribution in [3.05, 3.63) is 34.2 Å². The lowest BCUT2D eigenvalue weighted by Crippen LogP contribution is -2.28. The fourth-order valence-electron chi connectivity index (χ4n) is 3.10. The summed E-state index contributed by atoms with van der Waals surface area (Å²) in [6.07, 6.45) is -0.252. The smallest absolute Gasteiger partial charge is 0.285 e. The number of nitrogens with zero attached hydrogens (tertiary/aromatic N) is 3. The predicted molar refractivity (Wildman–Crippen MR) is 107 cm³/mol. The van der Waals surface area contributed by atoms with Crippen LogP contribution in [-0.2, 0) is 11.4 Å². The van der Waals surface area contributed by atoms with Gasteiger partial charge in [0.25, 0.3) is 6.43 Å². The Morgan fingerprint density at radius 3 is 2.57 bits per heavy atom. The molecule has 0 bridgehead atoms. The fourth-order valence-corrected chi connectivity index (χ4v) is 4.07. The van der Waals surface area contributed by atoms with Crippen LogP contribution >= 0.6 is 15.9 Å². The molecule has 0 unspecified atom stereocenters. The molecule has 4 nitrogen and oxygen atoms in total. The second kappa shape index (κ2) is 7.73. The topological polar surface area (TPSA) is 64.1 Å². The molecule has 150 valence electrons. The molecule has 1 aromatic heterocycles. The van der Waals surface area contributed by atoms with E-state index in [4.69, 9.17) is 5.26 Å². The Balaban J connectivity index is 2.18. The number of nitriles is 1. The summed E-state index contributed by atoms with van der Waals surface area (Å²) >= 11 is 1.25. The SMILES string of the molecule is CC(C)(C)[S@+]([O-])/N=C(\c1cn(C2CC(C#N)C2)c2cc(Br)c(F)cc12)C(F)F. The Labute approximate surface area is 172 Å².